The van der Waals surface area contributed by atoms with E-state index in [-0.39, 0.29) is 11.1 Å². The quantitative estimate of drug-likeness (QED) is 0.750. The second kappa shape index (κ2) is 6.00. The molecule has 2 heterocycles. The average molecular weight is 261 g/mol. The lowest BCUT2D eigenvalue weighted by molar-refractivity contribution is 0.189. The van der Waals surface area contributed by atoms with E-state index in [4.69, 9.17) is 10.00 Å². The highest BCUT2D eigenvalue weighted by atomic mass is 16.5. The molecule has 0 aliphatic carbocycles. The van der Waals surface area contributed by atoms with Gasteiger partial charge in [-0.05, 0) is 25.1 Å². The monoisotopic (exact) mass is 261 g/mol. The zero-order valence-corrected chi connectivity index (χ0v) is 11.5. The number of fused-ring (bicyclic) bond motifs is 1. The van der Waals surface area contributed by atoms with Gasteiger partial charge < -0.3 is 14.2 Å². The second-order valence-electron chi connectivity index (χ2n) is 4.93. The fourth-order valence-corrected chi connectivity index (χ4v) is 2.54. The number of nitrogens with zero attached hydrogens (tertiary/aromatic N) is 3. The van der Waals surface area contributed by atoms with Crippen LogP contribution in [0.2, 0.25) is 0 Å². The Bertz CT molecular complexity index is 557. The maximum atomic E-state index is 12.2. The lowest BCUT2D eigenvalue weighted by Crippen LogP contribution is -2.35. The van der Waals surface area contributed by atoms with Gasteiger partial charge in [-0.3, -0.25) is 4.79 Å². The highest BCUT2D eigenvalue weighted by Crippen LogP contribution is 2.17. The van der Waals surface area contributed by atoms with Gasteiger partial charge in [0.05, 0.1) is 0 Å². The molecule has 5 nitrogen and oxygen atoms in total. The van der Waals surface area contributed by atoms with Crippen molar-refractivity contribution in [2.45, 2.75) is 25.9 Å². The molecule has 2 rings (SSSR count). The molecule has 1 aliphatic heterocycles. The third kappa shape index (κ3) is 2.86. The van der Waals surface area contributed by atoms with Gasteiger partial charge in [0.1, 0.15) is 11.6 Å². The first-order valence-electron chi connectivity index (χ1n) is 6.50. The zero-order valence-electron chi connectivity index (χ0n) is 11.5. The van der Waals surface area contributed by atoms with Crippen LogP contribution < -0.4 is 5.56 Å². The van der Waals surface area contributed by atoms with E-state index in [1.807, 2.05) is 6.07 Å². The molecule has 102 valence electrons. The molecule has 0 atom stereocenters. The highest BCUT2D eigenvalue weighted by Gasteiger charge is 2.19. The normalized spacial score (nSPS) is 15.0. The summed E-state index contributed by atoms with van der Waals surface area (Å²) in [6.45, 7) is 2.99. The van der Waals surface area contributed by atoms with E-state index in [0.717, 1.165) is 37.2 Å². The first-order valence-corrected chi connectivity index (χ1v) is 6.50. The van der Waals surface area contributed by atoms with Gasteiger partial charge in [0.2, 0.25) is 0 Å². The van der Waals surface area contributed by atoms with E-state index in [1.165, 1.54) is 0 Å². The molecule has 0 spiro atoms. The molecule has 0 amide bonds. The Hall–Kier alpha value is -1.64. The van der Waals surface area contributed by atoms with Gasteiger partial charge in [-0.15, -0.1) is 0 Å². The van der Waals surface area contributed by atoms with Crippen LogP contribution in [-0.4, -0.2) is 36.8 Å². The van der Waals surface area contributed by atoms with Crippen LogP contribution in [0.15, 0.2) is 10.9 Å². The topological polar surface area (TPSA) is 58.3 Å². The molecular weight excluding hydrogens is 242 g/mol. The summed E-state index contributed by atoms with van der Waals surface area (Å²) < 4.78 is 6.80. The van der Waals surface area contributed by atoms with Crippen LogP contribution >= 0.6 is 0 Å². The van der Waals surface area contributed by atoms with Gasteiger partial charge in [-0.2, -0.15) is 5.26 Å². The average Bonchev–Trinajstić information content (AvgIpc) is 2.41. The Kier molecular flexibility index (Phi) is 4.35. The maximum Gasteiger partial charge on any atom is 0.268 e. The Morgan fingerprint density at radius 1 is 1.53 bits per heavy atom. The predicted molar refractivity (Wildman–Crippen MR) is 71.9 cm³/mol. The summed E-state index contributed by atoms with van der Waals surface area (Å²) in [6, 6.07) is 3.76. The first kappa shape index (κ1) is 13.8. The van der Waals surface area contributed by atoms with Crippen molar-refractivity contribution in [3.8, 4) is 6.07 Å². The van der Waals surface area contributed by atoms with Crippen LogP contribution in [-0.2, 0) is 24.2 Å². The Balaban J connectivity index is 2.41. The lowest BCUT2D eigenvalue weighted by Gasteiger charge is -2.27. The van der Waals surface area contributed by atoms with E-state index >= 15 is 0 Å². The van der Waals surface area contributed by atoms with Crippen LogP contribution in [0.5, 0.6) is 0 Å². The molecule has 0 aromatic carbocycles. The second-order valence-corrected chi connectivity index (χ2v) is 4.93. The number of hydrogen-bond donors (Lipinski definition) is 0. The van der Waals surface area contributed by atoms with Crippen LogP contribution in [0.4, 0.5) is 0 Å². The molecule has 5 heteroatoms. The Labute approximate surface area is 113 Å². The minimum absolute atomic E-state index is 0.165. The molecule has 1 aromatic rings. The minimum atomic E-state index is -0.165. The smallest absolute Gasteiger partial charge is 0.268 e. The van der Waals surface area contributed by atoms with Crippen molar-refractivity contribution in [3.05, 3.63) is 33.2 Å². The minimum Gasteiger partial charge on any atom is -0.385 e. The summed E-state index contributed by atoms with van der Waals surface area (Å²) in [6.07, 6.45) is 1.65. The van der Waals surface area contributed by atoms with E-state index in [1.54, 1.807) is 17.7 Å². The number of likely N-dealkylation sites (N-methyl/N-ethyl adjacent to an activating group) is 1. The number of pyridine rings is 1. The molecule has 0 N–H and O–H groups in total. The fourth-order valence-electron chi connectivity index (χ4n) is 2.54. The van der Waals surface area contributed by atoms with Gasteiger partial charge in [0.15, 0.2) is 0 Å². The van der Waals surface area contributed by atoms with Crippen molar-refractivity contribution in [3.63, 3.8) is 0 Å². The highest BCUT2D eigenvalue weighted by molar-refractivity contribution is 5.35. The van der Waals surface area contributed by atoms with Crippen molar-refractivity contribution < 1.29 is 4.74 Å². The predicted octanol–water partition coefficient (Wildman–Crippen LogP) is 0.744. The number of methoxy groups -OCH3 is 1. The number of aromatic nitrogens is 1. The van der Waals surface area contributed by atoms with Crippen LogP contribution in [0.3, 0.4) is 0 Å². The largest absolute Gasteiger partial charge is 0.385 e. The van der Waals surface area contributed by atoms with Crippen LogP contribution in [0, 0.1) is 11.3 Å². The molecule has 19 heavy (non-hydrogen) atoms. The van der Waals surface area contributed by atoms with Gasteiger partial charge in [-0.25, -0.2) is 0 Å². The van der Waals surface area contributed by atoms with Gasteiger partial charge in [0.25, 0.3) is 5.56 Å². The van der Waals surface area contributed by atoms with E-state index in [9.17, 15) is 4.79 Å². The zero-order chi connectivity index (χ0) is 13.8. The SMILES string of the molecule is COCCCn1c2c(cc(C#N)c1=O)CN(C)CC2. The molecule has 1 aromatic heterocycles. The number of nitriles is 1. The summed E-state index contributed by atoms with van der Waals surface area (Å²) in [5.74, 6) is 0. The Morgan fingerprint density at radius 3 is 3.00 bits per heavy atom. The summed E-state index contributed by atoms with van der Waals surface area (Å²) in [5, 5.41) is 9.08. The van der Waals surface area contributed by atoms with Gasteiger partial charge in [0, 0.05) is 45.5 Å². The standard InChI is InChI=1S/C14H19N3O2/c1-16-6-4-13-12(10-16)8-11(9-15)14(18)17(13)5-3-7-19-2/h8H,3-7,10H2,1-2H3. The number of ether oxygens (including phenoxy) is 1. The number of hydrogen-bond acceptors (Lipinski definition) is 4. The third-order valence-corrected chi connectivity index (χ3v) is 3.51. The number of rotatable bonds is 4. The summed E-state index contributed by atoms with van der Waals surface area (Å²) in [5.41, 5.74) is 2.26. The fraction of sp³-hybridized carbons (Fsp3) is 0.571. The molecule has 1 aliphatic rings. The van der Waals surface area contributed by atoms with E-state index in [0.29, 0.717) is 13.2 Å². The van der Waals surface area contributed by atoms with E-state index in [2.05, 4.69) is 11.9 Å². The van der Waals surface area contributed by atoms with Gasteiger partial charge >= 0.3 is 0 Å². The third-order valence-electron chi connectivity index (χ3n) is 3.51. The molecule has 0 unspecified atom stereocenters. The van der Waals surface area contributed by atoms with Crippen molar-refractivity contribution in [2.75, 3.05) is 27.3 Å². The molecule has 0 saturated heterocycles. The molecular formula is C14H19N3O2. The summed E-state index contributed by atoms with van der Waals surface area (Å²) >= 11 is 0. The lowest BCUT2D eigenvalue weighted by atomic mass is 10.0. The van der Waals surface area contributed by atoms with Crippen molar-refractivity contribution in [1.82, 2.24) is 9.47 Å². The molecule has 0 saturated carbocycles. The summed E-state index contributed by atoms with van der Waals surface area (Å²) in [4.78, 5) is 14.4. The van der Waals surface area contributed by atoms with Gasteiger partial charge in [-0.1, -0.05) is 0 Å². The van der Waals surface area contributed by atoms with Crippen molar-refractivity contribution in [1.29, 1.82) is 5.26 Å². The van der Waals surface area contributed by atoms with Crippen molar-refractivity contribution in [2.24, 2.45) is 0 Å². The molecule has 0 fully saturated rings. The molecule has 0 radical (unpaired) electrons. The van der Waals surface area contributed by atoms with Crippen LogP contribution in [0.1, 0.15) is 23.2 Å². The molecule has 0 bridgehead atoms. The van der Waals surface area contributed by atoms with Crippen molar-refractivity contribution >= 4 is 0 Å². The van der Waals surface area contributed by atoms with Crippen LogP contribution in [0.25, 0.3) is 0 Å². The van der Waals surface area contributed by atoms with E-state index < -0.39 is 0 Å². The first-order chi connectivity index (χ1) is 9.17. The Morgan fingerprint density at radius 2 is 2.32 bits per heavy atom. The summed E-state index contributed by atoms with van der Waals surface area (Å²) in [7, 11) is 3.70. The maximum absolute atomic E-state index is 12.2.